The molecule has 2 heterocycles. The molecule has 0 saturated carbocycles. The number of rotatable bonds is 4. The van der Waals surface area contributed by atoms with E-state index in [1.807, 2.05) is 25.1 Å². The fraction of sp³-hybridized carbons (Fsp3) is 0.200. The molecule has 0 aliphatic rings. The molecule has 0 spiro atoms. The maximum atomic E-state index is 11.5. The molecule has 0 amide bonds. The predicted molar refractivity (Wildman–Crippen MR) is 90.0 cm³/mol. The van der Waals surface area contributed by atoms with Gasteiger partial charge in [0.2, 0.25) is 15.9 Å². The highest BCUT2D eigenvalue weighted by molar-refractivity contribution is 7.92. The number of benzene rings is 1. The average Bonchev–Trinajstić information content (AvgIpc) is 2.89. The van der Waals surface area contributed by atoms with Gasteiger partial charge >= 0.3 is 0 Å². The van der Waals surface area contributed by atoms with Gasteiger partial charge in [-0.3, -0.25) is 4.72 Å². The second kappa shape index (κ2) is 5.54. The molecule has 3 aromatic rings. The normalized spacial score (nSPS) is 11.6. The average molecular weight is 332 g/mol. The van der Waals surface area contributed by atoms with E-state index < -0.39 is 10.0 Å². The van der Waals surface area contributed by atoms with Gasteiger partial charge in [-0.25, -0.2) is 13.4 Å². The summed E-state index contributed by atoms with van der Waals surface area (Å²) in [4.78, 5) is 10.4. The SMILES string of the molecule is CN(C)c1cc(NS(C)(=O)=O)cc(-c2nc3ncccc3o2)c1. The minimum Gasteiger partial charge on any atom is -0.434 e. The zero-order chi connectivity index (χ0) is 16.6. The maximum Gasteiger partial charge on any atom is 0.229 e. The van der Waals surface area contributed by atoms with Crippen LogP contribution in [0.4, 0.5) is 11.4 Å². The van der Waals surface area contributed by atoms with Crippen molar-refractivity contribution >= 4 is 32.6 Å². The molecule has 0 fully saturated rings. The Labute approximate surface area is 134 Å². The van der Waals surface area contributed by atoms with E-state index in [0.29, 0.717) is 28.4 Å². The predicted octanol–water partition coefficient (Wildman–Crippen LogP) is 2.33. The number of nitrogens with one attached hydrogen (secondary N) is 1. The lowest BCUT2D eigenvalue weighted by molar-refractivity contribution is 0.606. The third kappa shape index (κ3) is 3.42. The monoisotopic (exact) mass is 332 g/mol. The Morgan fingerprint density at radius 3 is 2.65 bits per heavy atom. The van der Waals surface area contributed by atoms with Gasteiger partial charge in [0, 0.05) is 31.5 Å². The molecular formula is C15H16N4O3S. The van der Waals surface area contributed by atoms with E-state index in [4.69, 9.17) is 4.42 Å². The first-order valence-corrected chi connectivity index (χ1v) is 8.73. The van der Waals surface area contributed by atoms with Crippen LogP contribution in [0.1, 0.15) is 0 Å². The topological polar surface area (TPSA) is 88.3 Å². The van der Waals surface area contributed by atoms with Crippen molar-refractivity contribution in [2.45, 2.75) is 0 Å². The molecule has 0 unspecified atom stereocenters. The summed E-state index contributed by atoms with van der Waals surface area (Å²) >= 11 is 0. The lowest BCUT2D eigenvalue weighted by atomic mass is 10.1. The first-order valence-electron chi connectivity index (χ1n) is 6.84. The quantitative estimate of drug-likeness (QED) is 0.789. The number of anilines is 2. The molecular weight excluding hydrogens is 316 g/mol. The first-order chi connectivity index (χ1) is 10.8. The van der Waals surface area contributed by atoms with Gasteiger partial charge in [0.05, 0.1) is 11.9 Å². The van der Waals surface area contributed by atoms with Crippen LogP contribution in [0, 0.1) is 0 Å². The van der Waals surface area contributed by atoms with E-state index in [9.17, 15) is 8.42 Å². The summed E-state index contributed by atoms with van der Waals surface area (Å²) in [7, 11) is 0.369. The zero-order valence-electron chi connectivity index (χ0n) is 12.9. The maximum absolute atomic E-state index is 11.5. The molecule has 1 N–H and O–H groups in total. The standard InChI is InChI=1S/C15H16N4O3S/c1-19(2)12-8-10(7-11(9-12)18-23(3,20)21)15-17-14-13(22-15)5-4-6-16-14/h4-9,18H,1-3H3. The molecule has 1 aromatic carbocycles. The van der Waals surface area contributed by atoms with Crippen LogP contribution in [0.5, 0.6) is 0 Å². The Bertz CT molecular complexity index is 931. The summed E-state index contributed by atoms with van der Waals surface area (Å²) in [6, 6.07) is 8.84. The van der Waals surface area contributed by atoms with Crippen LogP contribution >= 0.6 is 0 Å². The Morgan fingerprint density at radius 1 is 1.22 bits per heavy atom. The molecule has 8 heteroatoms. The van der Waals surface area contributed by atoms with Crippen molar-refractivity contribution in [3.8, 4) is 11.5 Å². The highest BCUT2D eigenvalue weighted by Crippen LogP contribution is 2.30. The van der Waals surface area contributed by atoms with Gasteiger partial charge in [0.25, 0.3) is 0 Å². The smallest absolute Gasteiger partial charge is 0.229 e. The lowest BCUT2D eigenvalue weighted by Crippen LogP contribution is -2.12. The fourth-order valence-corrected chi connectivity index (χ4v) is 2.70. The van der Waals surface area contributed by atoms with Gasteiger partial charge in [0.15, 0.2) is 11.2 Å². The van der Waals surface area contributed by atoms with Crippen LogP contribution in [0.15, 0.2) is 40.9 Å². The molecule has 0 aliphatic carbocycles. The summed E-state index contributed by atoms with van der Waals surface area (Å²) in [6.45, 7) is 0. The van der Waals surface area contributed by atoms with E-state index in [1.54, 1.807) is 30.5 Å². The Hall–Kier alpha value is -2.61. The molecule has 0 aliphatic heterocycles. The number of sulfonamides is 1. The largest absolute Gasteiger partial charge is 0.434 e. The molecule has 0 saturated heterocycles. The van der Waals surface area contributed by atoms with E-state index in [1.165, 1.54) is 0 Å². The van der Waals surface area contributed by atoms with Gasteiger partial charge < -0.3 is 9.32 Å². The van der Waals surface area contributed by atoms with E-state index in [0.717, 1.165) is 11.9 Å². The number of pyridine rings is 1. The Balaban J connectivity index is 2.13. The van der Waals surface area contributed by atoms with E-state index in [-0.39, 0.29) is 0 Å². The number of nitrogens with zero attached hydrogens (tertiary/aromatic N) is 3. The summed E-state index contributed by atoms with van der Waals surface area (Å²) in [6.07, 6.45) is 2.75. The van der Waals surface area contributed by atoms with Crippen molar-refractivity contribution in [1.29, 1.82) is 0 Å². The first kappa shape index (κ1) is 15.3. The third-order valence-corrected chi connectivity index (χ3v) is 3.76. The number of aromatic nitrogens is 2. The van der Waals surface area contributed by atoms with Crippen LogP contribution in [0.25, 0.3) is 22.7 Å². The molecule has 23 heavy (non-hydrogen) atoms. The van der Waals surface area contributed by atoms with Crippen molar-refractivity contribution in [1.82, 2.24) is 9.97 Å². The lowest BCUT2D eigenvalue weighted by Gasteiger charge is -2.15. The Kier molecular flexibility index (Phi) is 3.69. The molecule has 7 nitrogen and oxygen atoms in total. The third-order valence-electron chi connectivity index (χ3n) is 3.15. The molecule has 0 bridgehead atoms. The van der Waals surface area contributed by atoms with Crippen molar-refractivity contribution < 1.29 is 12.8 Å². The zero-order valence-corrected chi connectivity index (χ0v) is 13.8. The number of hydrogen-bond acceptors (Lipinski definition) is 6. The van der Waals surface area contributed by atoms with Gasteiger partial charge in [-0.1, -0.05) is 0 Å². The number of oxazole rings is 1. The fourth-order valence-electron chi connectivity index (χ4n) is 2.16. The van der Waals surface area contributed by atoms with Crippen molar-refractivity contribution in [3.63, 3.8) is 0 Å². The highest BCUT2D eigenvalue weighted by Gasteiger charge is 2.13. The summed E-state index contributed by atoms with van der Waals surface area (Å²) < 4.78 is 31.2. The van der Waals surface area contributed by atoms with Crippen molar-refractivity contribution in [3.05, 3.63) is 36.5 Å². The molecule has 120 valence electrons. The van der Waals surface area contributed by atoms with E-state index in [2.05, 4.69) is 14.7 Å². The Morgan fingerprint density at radius 2 is 2.00 bits per heavy atom. The highest BCUT2D eigenvalue weighted by atomic mass is 32.2. The van der Waals surface area contributed by atoms with Gasteiger partial charge in [0.1, 0.15) is 0 Å². The molecule has 0 radical (unpaired) electrons. The van der Waals surface area contributed by atoms with Gasteiger partial charge in [-0.2, -0.15) is 4.98 Å². The minimum absolute atomic E-state index is 0.388. The summed E-state index contributed by atoms with van der Waals surface area (Å²) in [5.74, 6) is 0.388. The van der Waals surface area contributed by atoms with Crippen molar-refractivity contribution in [2.75, 3.05) is 30.0 Å². The number of hydrogen-bond donors (Lipinski definition) is 1. The summed E-state index contributed by atoms with van der Waals surface area (Å²) in [5.41, 5.74) is 3.03. The number of fused-ring (bicyclic) bond motifs is 1. The van der Waals surface area contributed by atoms with Crippen LogP contribution < -0.4 is 9.62 Å². The van der Waals surface area contributed by atoms with Gasteiger partial charge in [-0.05, 0) is 30.3 Å². The second-order valence-corrected chi connectivity index (χ2v) is 7.13. The van der Waals surface area contributed by atoms with Gasteiger partial charge in [-0.15, -0.1) is 0 Å². The summed E-state index contributed by atoms with van der Waals surface area (Å²) in [5, 5.41) is 0. The van der Waals surface area contributed by atoms with Crippen LogP contribution in [0.3, 0.4) is 0 Å². The molecule has 2 aromatic heterocycles. The second-order valence-electron chi connectivity index (χ2n) is 5.38. The van der Waals surface area contributed by atoms with Crippen molar-refractivity contribution in [2.24, 2.45) is 0 Å². The van der Waals surface area contributed by atoms with Crippen LogP contribution in [0.2, 0.25) is 0 Å². The van der Waals surface area contributed by atoms with E-state index >= 15 is 0 Å². The van der Waals surface area contributed by atoms with Crippen LogP contribution in [-0.4, -0.2) is 38.7 Å². The minimum atomic E-state index is -3.38. The molecule has 3 rings (SSSR count). The molecule has 0 atom stereocenters. The van der Waals surface area contributed by atoms with Crippen LogP contribution in [-0.2, 0) is 10.0 Å².